The van der Waals surface area contributed by atoms with E-state index in [-0.39, 0.29) is 5.69 Å². The van der Waals surface area contributed by atoms with E-state index in [0.29, 0.717) is 16.7 Å². The predicted molar refractivity (Wildman–Crippen MR) is 82.4 cm³/mol. The number of rotatable bonds is 4. The van der Waals surface area contributed by atoms with Gasteiger partial charge in [0, 0.05) is 10.6 Å². The maximum absolute atomic E-state index is 13.3. The Hall–Kier alpha value is -2.28. The highest BCUT2D eigenvalue weighted by atomic mass is 35.5. The molecule has 24 heavy (non-hydrogen) atoms. The van der Waals surface area contributed by atoms with Crippen molar-refractivity contribution in [1.29, 1.82) is 0 Å². The second-order valence-corrected chi connectivity index (χ2v) is 5.65. The number of carbonyl (C=O) groups is 1. The van der Waals surface area contributed by atoms with Gasteiger partial charge in [-0.3, -0.25) is 0 Å². The minimum atomic E-state index is -4.87. The van der Waals surface area contributed by atoms with Gasteiger partial charge in [0.1, 0.15) is 5.56 Å². The van der Waals surface area contributed by atoms with Crippen molar-refractivity contribution in [3.05, 3.63) is 46.5 Å². The van der Waals surface area contributed by atoms with Crippen LogP contribution in [0, 0.1) is 0 Å². The van der Waals surface area contributed by atoms with Crippen molar-refractivity contribution in [2.75, 3.05) is 0 Å². The minimum absolute atomic E-state index is 0.0559. The van der Waals surface area contributed by atoms with Crippen LogP contribution in [0.2, 0.25) is 5.02 Å². The molecule has 0 unspecified atom stereocenters. The molecule has 0 bridgehead atoms. The number of benzene rings is 1. The van der Waals surface area contributed by atoms with Gasteiger partial charge in [0.2, 0.25) is 5.88 Å². The normalized spacial score (nSPS) is 11.6. The summed E-state index contributed by atoms with van der Waals surface area (Å²) >= 11 is 5.77. The van der Waals surface area contributed by atoms with Crippen LogP contribution >= 0.6 is 11.6 Å². The molecule has 4 nitrogen and oxygen atoms in total. The molecule has 0 amide bonds. The standard InChI is InChI=1S/C16H13ClF3NO3/c1-8(2)24-14-13(15(22)23)11(16(18,19)20)7-12(21-14)9-3-5-10(17)6-4-9/h3-8H,1-2H3,(H,22,23). The van der Waals surface area contributed by atoms with E-state index in [4.69, 9.17) is 16.3 Å². The highest BCUT2D eigenvalue weighted by molar-refractivity contribution is 6.30. The minimum Gasteiger partial charge on any atom is -0.477 e. The van der Waals surface area contributed by atoms with E-state index >= 15 is 0 Å². The van der Waals surface area contributed by atoms with Crippen molar-refractivity contribution in [3.8, 4) is 17.1 Å². The topological polar surface area (TPSA) is 59.4 Å². The lowest BCUT2D eigenvalue weighted by atomic mass is 10.0. The fraction of sp³-hybridized carbons (Fsp3) is 0.250. The molecule has 1 heterocycles. The van der Waals surface area contributed by atoms with Gasteiger partial charge in [-0.15, -0.1) is 0 Å². The van der Waals surface area contributed by atoms with Crippen molar-refractivity contribution in [2.45, 2.75) is 26.1 Å². The molecular weight excluding hydrogens is 347 g/mol. The van der Waals surface area contributed by atoms with Gasteiger partial charge in [0.25, 0.3) is 0 Å². The van der Waals surface area contributed by atoms with Crippen LogP contribution in [0.5, 0.6) is 5.88 Å². The molecule has 0 atom stereocenters. The third kappa shape index (κ3) is 3.97. The molecule has 2 rings (SSSR count). The average Bonchev–Trinajstić information content (AvgIpc) is 2.45. The number of hydrogen-bond acceptors (Lipinski definition) is 3. The van der Waals surface area contributed by atoms with Crippen LogP contribution in [0.1, 0.15) is 29.8 Å². The zero-order chi connectivity index (χ0) is 18.1. The lowest BCUT2D eigenvalue weighted by Gasteiger charge is -2.17. The molecule has 0 aliphatic heterocycles. The first-order valence-corrected chi connectivity index (χ1v) is 7.25. The first kappa shape index (κ1) is 18.1. The molecule has 8 heteroatoms. The second kappa shape index (κ2) is 6.68. The number of carboxylic acids is 1. The summed E-state index contributed by atoms with van der Waals surface area (Å²) in [6.07, 6.45) is -5.41. The molecule has 0 aliphatic carbocycles. The first-order valence-electron chi connectivity index (χ1n) is 6.87. The van der Waals surface area contributed by atoms with Gasteiger partial charge in [-0.05, 0) is 32.0 Å². The smallest absolute Gasteiger partial charge is 0.417 e. The molecule has 0 radical (unpaired) electrons. The molecule has 0 spiro atoms. The summed E-state index contributed by atoms with van der Waals surface area (Å²) in [6, 6.07) is 6.68. The number of nitrogens with zero attached hydrogens (tertiary/aromatic N) is 1. The molecule has 0 saturated carbocycles. The predicted octanol–water partition coefficient (Wildman–Crippen LogP) is 4.91. The van der Waals surface area contributed by atoms with Crippen LogP contribution in [-0.2, 0) is 6.18 Å². The highest BCUT2D eigenvalue weighted by Crippen LogP contribution is 2.38. The van der Waals surface area contributed by atoms with Crippen molar-refractivity contribution in [2.24, 2.45) is 0 Å². The molecule has 2 aromatic rings. The summed E-state index contributed by atoms with van der Waals surface area (Å²) in [5.41, 5.74) is -2.02. The number of aromatic carboxylic acids is 1. The molecule has 0 saturated heterocycles. The number of aromatic nitrogens is 1. The van der Waals surface area contributed by atoms with Gasteiger partial charge in [0.05, 0.1) is 17.4 Å². The van der Waals surface area contributed by atoms with E-state index < -0.39 is 35.3 Å². The maximum atomic E-state index is 13.3. The third-order valence-corrected chi connectivity index (χ3v) is 3.24. The lowest BCUT2D eigenvalue weighted by Crippen LogP contribution is -2.18. The molecule has 128 valence electrons. The van der Waals surface area contributed by atoms with Crippen molar-refractivity contribution in [3.63, 3.8) is 0 Å². The molecule has 1 aromatic carbocycles. The summed E-state index contributed by atoms with van der Waals surface area (Å²) in [7, 11) is 0. The Labute approximate surface area is 140 Å². The summed E-state index contributed by atoms with van der Waals surface area (Å²) < 4.78 is 45.2. The highest BCUT2D eigenvalue weighted by Gasteiger charge is 2.39. The van der Waals surface area contributed by atoms with E-state index in [0.717, 1.165) is 0 Å². The van der Waals surface area contributed by atoms with E-state index in [2.05, 4.69) is 4.98 Å². The van der Waals surface area contributed by atoms with Crippen LogP contribution < -0.4 is 4.74 Å². The Morgan fingerprint density at radius 3 is 2.29 bits per heavy atom. The van der Waals surface area contributed by atoms with Crippen LogP contribution in [0.25, 0.3) is 11.3 Å². The van der Waals surface area contributed by atoms with Gasteiger partial charge in [-0.1, -0.05) is 23.7 Å². The van der Waals surface area contributed by atoms with E-state index in [1.54, 1.807) is 13.8 Å². The SMILES string of the molecule is CC(C)Oc1nc(-c2ccc(Cl)cc2)cc(C(F)(F)F)c1C(=O)O. The molecule has 1 N–H and O–H groups in total. The monoisotopic (exact) mass is 359 g/mol. The Morgan fingerprint density at radius 1 is 1.25 bits per heavy atom. The van der Waals surface area contributed by atoms with Gasteiger partial charge in [-0.2, -0.15) is 13.2 Å². The number of halogens is 4. The summed E-state index contributed by atoms with van der Waals surface area (Å²) in [5, 5.41) is 9.60. The van der Waals surface area contributed by atoms with Crippen molar-refractivity contribution < 1.29 is 27.8 Å². The van der Waals surface area contributed by atoms with Gasteiger partial charge in [-0.25, -0.2) is 9.78 Å². The summed E-state index contributed by atoms with van der Waals surface area (Å²) in [6.45, 7) is 3.13. The van der Waals surface area contributed by atoms with Crippen molar-refractivity contribution >= 4 is 17.6 Å². The van der Waals surface area contributed by atoms with E-state index in [9.17, 15) is 23.1 Å². The Morgan fingerprint density at radius 2 is 1.83 bits per heavy atom. The zero-order valence-electron chi connectivity index (χ0n) is 12.7. The fourth-order valence-corrected chi connectivity index (χ4v) is 2.15. The number of carboxylic acid groups (broad SMARTS) is 1. The lowest BCUT2D eigenvalue weighted by molar-refractivity contribution is -0.138. The fourth-order valence-electron chi connectivity index (χ4n) is 2.03. The van der Waals surface area contributed by atoms with Crippen LogP contribution in [0.4, 0.5) is 13.2 Å². The average molecular weight is 360 g/mol. The molecule has 1 aromatic heterocycles. The first-order chi connectivity index (χ1) is 11.1. The van der Waals surface area contributed by atoms with Gasteiger partial charge in [0.15, 0.2) is 0 Å². The maximum Gasteiger partial charge on any atom is 0.417 e. The molecule has 0 fully saturated rings. The second-order valence-electron chi connectivity index (χ2n) is 5.21. The quantitative estimate of drug-likeness (QED) is 0.843. The Bertz CT molecular complexity index is 758. The number of ether oxygens (including phenoxy) is 1. The van der Waals surface area contributed by atoms with Gasteiger partial charge >= 0.3 is 12.1 Å². The van der Waals surface area contributed by atoms with Crippen LogP contribution in [-0.4, -0.2) is 22.2 Å². The summed E-state index contributed by atoms with van der Waals surface area (Å²) in [4.78, 5) is 15.3. The Balaban J connectivity index is 2.74. The van der Waals surface area contributed by atoms with Gasteiger partial charge < -0.3 is 9.84 Å². The third-order valence-electron chi connectivity index (χ3n) is 2.99. The van der Waals surface area contributed by atoms with Crippen LogP contribution in [0.3, 0.4) is 0 Å². The number of hydrogen-bond donors (Lipinski definition) is 1. The van der Waals surface area contributed by atoms with E-state index in [1.165, 1.54) is 24.3 Å². The largest absolute Gasteiger partial charge is 0.477 e. The number of alkyl halides is 3. The van der Waals surface area contributed by atoms with E-state index in [1.807, 2.05) is 0 Å². The van der Waals surface area contributed by atoms with Crippen molar-refractivity contribution in [1.82, 2.24) is 4.98 Å². The Kier molecular flexibility index (Phi) is 5.03. The van der Waals surface area contributed by atoms with Crippen LogP contribution in [0.15, 0.2) is 30.3 Å². The molecule has 0 aliphatic rings. The zero-order valence-corrected chi connectivity index (χ0v) is 13.4. The molecular formula is C16H13ClF3NO3. The summed E-state index contributed by atoms with van der Waals surface area (Å²) in [5.74, 6) is -2.33. The number of pyridine rings is 1.